The molecule has 0 N–H and O–H groups in total. The lowest BCUT2D eigenvalue weighted by Gasteiger charge is -2.29. The molecule has 21 heavy (non-hydrogen) atoms. The highest BCUT2D eigenvalue weighted by Crippen LogP contribution is 2.23. The third-order valence-corrected chi connectivity index (χ3v) is 3.69. The summed E-state index contributed by atoms with van der Waals surface area (Å²) in [5, 5.41) is 0. The van der Waals surface area contributed by atoms with Crippen LogP contribution in [0.5, 0.6) is 0 Å². The monoisotopic (exact) mass is 286 g/mol. The zero-order chi connectivity index (χ0) is 14.7. The highest BCUT2D eigenvalue weighted by Gasteiger charge is 2.15. The van der Waals surface area contributed by atoms with Gasteiger partial charge in [-0.1, -0.05) is 23.8 Å². The molecule has 0 atom stereocenters. The largest absolute Gasteiger partial charge is 0.356 e. The molecule has 0 saturated carbocycles. The Kier molecular flexibility index (Phi) is 3.95. The summed E-state index contributed by atoms with van der Waals surface area (Å²) in [6.07, 6.45) is 5.57. The lowest BCUT2D eigenvalue weighted by Crippen LogP contribution is -2.31. The minimum atomic E-state index is -0.804. The number of nitrogens with zero attached hydrogens (tertiary/aromatic N) is 2. The summed E-state index contributed by atoms with van der Waals surface area (Å²) in [7, 11) is 0. The highest BCUT2D eigenvalue weighted by molar-refractivity contribution is 5.54. The fraction of sp³-hybridized carbons (Fsp3) is 0.235. The highest BCUT2D eigenvalue weighted by atomic mass is 19.2. The average Bonchev–Trinajstić information content (AvgIpc) is 2.53. The van der Waals surface area contributed by atoms with Crippen LogP contribution in [0.4, 0.5) is 14.6 Å². The minimum absolute atomic E-state index is 0.718. The molecule has 0 amide bonds. The van der Waals surface area contributed by atoms with E-state index in [2.05, 4.69) is 9.88 Å². The smallest absolute Gasteiger partial charge is 0.159 e. The van der Waals surface area contributed by atoms with Crippen LogP contribution in [-0.4, -0.2) is 18.1 Å². The first-order chi connectivity index (χ1) is 10.2. The van der Waals surface area contributed by atoms with Crippen LogP contribution in [0.25, 0.3) is 6.08 Å². The van der Waals surface area contributed by atoms with Gasteiger partial charge >= 0.3 is 0 Å². The molecule has 1 aliphatic rings. The number of pyridine rings is 1. The van der Waals surface area contributed by atoms with E-state index in [9.17, 15) is 8.78 Å². The molecule has 1 aliphatic heterocycles. The van der Waals surface area contributed by atoms with Crippen LogP contribution in [-0.2, 0) is 0 Å². The van der Waals surface area contributed by atoms with Crippen molar-refractivity contribution in [3.63, 3.8) is 0 Å². The Morgan fingerprint density at radius 3 is 2.48 bits per heavy atom. The van der Waals surface area contributed by atoms with Crippen molar-refractivity contribution in [2.24, 2.45) is 0 Å². The molecule has 108 valence electrons. The molecule has 2 heterocycles. The quantitative estimate of drug-likeness (QED) is 0.828. The first-order valence-corrected chi connectivity index (χ1v) is 7.03. The maximum absolute atomic E-state index is 13.2. The minimum Gasteiger partial charge on any atom is -0.356 e. The van der Waals surface area contributed by atoms with Gasteiger partial charge in [0, 0.05) is 19.3 Å². The van der Waals surface area contributed by atoms with Crippen LogP contribution in [0.3, 0.4) is 0 Å². The van der Waals surface area contributed by atoms with Gasteiger partial charge in [0.2, 0.25) is 0 Å². The summed E-state index contributed by atoms with van der Waals surface area (Å²) in [5.74, 6) is -0.609. The van der Waals surface area contributed by atoms with Crippen LogP contribution in [0.1, 0.15) is 18.4 Å². The second-order valence-corrected chi connectivity index (χ2v) is 5.15. The fourth-order valence-corrected chi connectivity index (χ4v) is 2.55. The van der Waals surface area contributed by atoms with Gasteiger partial charge in [0.05, 0.1) is 0 Å². The van der Waals surface area contributed by atoms with Gasteiger partial charge in [-0.15, -0.1) is 0 Å². The Balaban J connectivity index is 1.68. The van der Waals surface area contributed by atoms with E-state index in [0.29, 0.717) is 0 Å². The van der Waals surface area contributed by atoms with Crippen LogP contribution < -0.4 is 4.90 Å². The van der Waals surface area contributed by atoms with E-state index in [0.717, 1.165) is 37.3 Å². The van der Waals surface area contributed by atoms with Gasteiger partial charge in [0.25, 0.3) is 0 Å². The van der Waals surface area contributed by atoms with Crippen molar-refractivity contribution < 1.29 is 8.78 Å². The Bertz CT molecular complexity index is 643. The normalized spacial score (nSPS) is 15.1. The van der Waals surface area contributed by atoms with E-state index < -0.39 is 11.6 Å². The van der Waals surface area contributed by atoms with Gasteiger partial charge in [-0.25, -0.2) is 13.8 Å². The van der Waals surface area contributed by atoms with Gasteiger partial charge < -0.3 is 4.90 Å². The van der Waals surface area contributed by atoms with Gasteiger partial charge in [-0.3, -0.25) is 0 Å². The predicted molar refractivity (Wildman–Crippen MR) is 80.0 cm³/mol. The van der Waals surface area contributed by atoms with Crippen molar-refractivity contribution >= 4 is 11.9 Å². The third-order valence-electron chi connectivity index (χ3n) is 3.69. The van der Waals surface area contributed by atoms with Crippen LogP contribution >= 0.6 is 0 Å². The predicted octanol–water partition coefficient (Wildman–Crippen LogP) is 4.04. The Labute approximate surface area is 122 Å². The molecule has 0 unspecified atom stereocenters. The van der Waals surface area contributed by atoms with Crippen LogP contribution in [0.15, 0.2) is 48.2 Å². The third kappa shape index (κ3) is 3.27. The first kappa shape index (κ1) is 13.7. The van der Waals surface area contributed by atoms with Gasteiger partial charge in [0.15, 0.2) is 11.6 Å². The number of halogens is 2. The average molecular weight is 286 g/mol. The summed E-state index contributed by atoms with van der Waals surface area (Å²) in [4.78, 5) is 6.59. The van der Waals surface area contributed by atoms with Crippen molar-refractivity contribution in [1.29, 1.82) is 0 Å². The molecule has 1 aromatic carbocycles. The summed E-state index contributed by atoms with van der Waals surface area (Å²) in [6, 6.07) is 9.91. The standard InChI is InChI=1S/C17H16F2N2/c18-15-5-4-14(12-16(15)19)11-13-6-9-21(10-7-13)17-3-1-2-8-20-17/h1-5,8,11-12H,6-7,9-10H2. The van der Waals surface area contributed by atoms with Gasteiger partial charge in [-0.2, -0.15) is 0 Å². The zero-order valence-corrected chi connectivity index (χ0v) is 11.6. The molecular weight excluding hydrogens is 270 g/mol. The Morgan fingerprint density at radius 2 is 1.81 bits per heavy atom. The number of anilines is 1. The van der Waals surface area contributed by atoms with Crippen LogP contribution in [0.2, 0.25) is 0 Å². The second-order valence-electron chi connectivity index (χ2n) is 5.15. The molecule has 0 radical (unpaired) electrons. The van der Waals surface area contributed by atoms with E-state index in [4.69, 9.17) is 0 Å². The molecule has 0 aliphatic carbocycles. The summed E-state index contributed by atoms with van der Waals surface area (Å²) >= 11 is 0. The SMILES string of the molecule is Fc1ccc(C=C2CCN(c3ccccn3)CC2)cc1F. The van der Waals surface area contributed by atoms with Crippen LogP contribution in [0, 0.1) is 11.6 Å². The van der Waals surface area contributed by atoms with Gasteiger partial charge in [-0.05, 0) is 42.7 Å². The lowest BCUT2D eigenvalue weighted by atomic mass is 10.0. The van der Waals surface area contributed by atoms with Gasteiger partial charge in [0.1, 0.15) is 5.82 Å². The number of aromatic nitrogens is 1. The van der Waals surface area contributed by atoms with Crippen molar-refractivity contribution in [3.8, 4) is 0 Å². The Hall–Kier alpha value is -2.23. The number of hydrogen-bond donors (Lipinski definition) is 0. The zero-order valence-electron chi connectivity index (χ0n) is 11.6. The molecule has 0 spiro atoms. The molecular formula is C17H16F2N2. The molecule has 3 rings (SSSR count). The van der Waals surface area contributed by atoms with Crippen molar-refractivity contribution in [2.75, 3.05) is 18.0 Å². The van der Waals surface area contributed by atoms with Crippen molar-refractivity contribution in [3.05, 3.63) is 65.4 Å². The maximum Gasteiger partial charge on any atom is 0.159 e. The number of rotatable bonds is 2. The topological polar surface area (TPSA) is 16.1 Å². The van der Waals surface area contributed by atoms with E-state index >= 15 is 0 Å². The molecule has 1 fully saturated rings. The second kappa shape index (κ2) is 6.04. The summed E-state index contributed by atoms with van der Waals surface area (Å²) in [6.45, 7) is 1.79. The summed E-state index contributed by atoms with van der Waals surface area (Å²) in [5.41, 5.74) is 1.98. The summed E-state index contributed by atoms with van der Waals surface area (Å²) < 4.78 is 26.1. The lowest BCUT2D eigenvalue weighted by molar-refractivity contribution is 0.508. The molecule has 2 aromatic rings. The number of piperidine rings is 1. The van der Waals surface area contributed by atoms with Crippen molar-refractivity contribution in [1.82, 2.24) is 4.98 Å². The Morgan fingerprint density at radius 1 is 1.00 bits per heavy atom. The molecule has 1 saturated heterocycles. The molecule has 1 aromatic heterocycles. The fourth-order valence-electron chi connectivity index (χ4n) is 2.55. The molecule has 0 bridgehead atoms. The van der Waals surface area contributed by atoms with E-state index in [1.54, 1.807) is 12.3 Å². The first-order valence-electron chi connectivity index (χ1n) is 7.03. The molecule has 4 heteroatoms. The van der Waals surface area contributed by atoms with Crippen molar-refractivity contribution in [2.45, 2.75) is 12.8 Å². The number of benzene rings is 1. The maximum atomic E-state index is 13.2. The number of hydrogen-bond acceptors (Lipinski definition) is 2. The van der Waals surface area contributed by atoms with E-state index in [1.807, 2.05) is 24.3 Å². The van der Waals surface area contributed by atoms with E-state index in [1.165, 1.54) is 17.7 Å². The van der Waals surface area contributed by atoms with E-state index in [-0.39, 0.29) is 0 Å². The molecule has 2 nitrogen and oxygen atoms in total.